The van der Waals surface area contributed by atoms with E-state index >= 15 is 0 Å². The molecular weight excluding hydrogens is 210 g/mol. The molecule has 0 saturated heterocycles. The van der Waals surface area contributed by atoms with Crippen LogP contribution in [0.15, 0.2) is 24.3 Å². The van der Waals surface area contributed by atoms with Crippen molar-refractivity contribution in [1.29, 1.82) is 0 Å². The third-order valence-corrected chi connectivity index (χ3v) is 4.38. The van der Waals surface area contributed by atoms with Crippen LogP contribution in [-0.4, -0.2) is 13.7 Å². The van der Waals surface area contributed by atoms with Crippen molar-refractivity contribution in [3.8, 4) is 0 Å². The number of ether oxygens (including phenoxy) is 1. The van der Waals surface area contributed by atoms with Gasteiger partial charge >= 0.3 is 0 Å². The van der Waals surface area contributed by atoms with Gasteiger partial charge in [-0.2, -0.15) is 0 Å². The van der Waals surface area contributed by atoms with Gasteiger partial charge in [-0.25, -0.2) is 0 Å². The third-order valence-electron chi connectivity index (χ3n) is 4.38. The van der Waals surface area contributed by atoms with Crippen LogP contribution in [0.2, 0.25) is 0 Å². The van der Waals surface area contributed by atoms with E-state index in [9.17, 15) is 0 Å². The van der Waals surface area contributed by atoms with Gasteiger partial charge in [0.2, 0.25) is 0 Å². The van der Waals surface area contributed by atoms with Gasteiger partial charge < -0.3 is 10.5 Å². The van der Waals surface area contributed by atoms with E-state index in [0.717, 1.165) is 6.54 Å². The Balaban J connectivity index is 2.35. The molecule has 0 radical (unpaired) electrons. The van der Waals surface area contributed by atoms with Crippen molar-refractivity contribution in [2.24, 2.45) is 5.73 Å². The van der Waals surface area contributed by atoms with Gasteiger partial charge in [0.25, 0.3) is 0 Å². The third kappa shape index (κ3) is 2.12. The second-order valence-corrected chi connectivity index (χ2v) is 5.63. The summed E-state index contributed by atoms with van der Waals surface area (Å²) in [7, 11) is 1.76. The molecule has 0 aliphatic heterocycles. The fourth-order valence-electron chi connectivity index (χ4n) is 2.56. The molecular formula is C15H23NO. The molecule has 1 aliphatic rings. The van der Waals surface area contributed by atoms with Crippen LogP contribution in [0.5, 0.6) is 0 Å². The summed E-state index contributed by atoms with van der Waals surface area (Å²) in [5.74, 6) is 0. The van der Waals surface area contributed by atoms with Crippen molar-refractivity contribution in [1.82, 2.24) is 0 Å². The Bertz CT molecular complexity index is 388. The standard InChI is InChI=1S/C15H23NO/c1-14(2,17-3)12-6-4-7-13(10-12)15(11-16)8-5-9-15/h4,6-7,10H,5,8-9,11,16H2,1-3H3. The lowest BCUT2D eigenvalue weighted by Gasteiger charge is -2.42. The van der Waals surface area contributed by atoms with Gasteiger partial charge in [0.1, 0.15) is 0 Å². The minimum absolute atomic E-state index is 0.227. The molecule has 0 unspecified atom stereocenters. The van der Waals surface area contributed by atoms with Gasteiger partial charge in [0.05, 0.1) is 5.60 Å². The number of rotatable bonds is 4. The van der Waals surface area contributed by atoms with Crippen LogP contribution in [0.3, 0.4) is 0 Å². The first-order chi connectivity index (χ1) is 8.04. The van der Waals surface area contributed by atoms with Crippen LogP contribution in [0, 0.1) is 0 Å². The number of hydrogen-bond donors (Lipinski definition) is 1. The van der Waals surface area contributed by atoms with Crippen molar-refractivity contribution in [3.63, 3.8) is 0 Å². The van der Waals surface area contributed by atoms with Gasteiger partial charge in [0, 0.05) is 19.1 Å². The van der Waals surface area contributed by atoms with Gasteiger partial charge in [0.15, 0.2) is 0 Å². The summed E-state index contributed by atoms with van der Waals surface area (Å²) in [6.07, 6.45) is 3.75. The first-order valence-electron chi connectivity index (χ1n) is 6.40. The molecule has 2 rings (SSSR count). The average molecular weight is 233 g/mol. The maximum Gasteiger partial charge on any atom is 0.0871 e. The molecule has 2 nitrogen and oxygen atoms in total. The quantitative estimate of drug-likeness (QED) is 0.867. The van der Waals surface area contributed by atoms with E-state index in [2.05, 4.69) is 38.1 Å². The highest BCUT2D eigenvalue weighted by atomic mass is 16.5. The molecule has 1 fully saturated rings. The Kier molecular flexibility index (Phi) is 3.28. The average Bonchev–Trinajstić information content (AvgIpc) is 2.29. The predicted molar refractivity (Wildman–Crippen MR) is 71.1 cm³/mol. The molecule has 0 amide bonds. The molecule has 0 atom stereocenters. The van der Waals surface area contributed by atoms with Crippen LogP contribution in [0.1, 0.15) is 44.2 Å². The minimum atomic E-state index is -0.227. The Labute approximate surface area is 104 Å². The highest BCUT2D eigenvalue weighted by Crippen LogP contribution is 2.43. The zero-order valence-corrected chi connectivity index (χ0v) is 11.1. The van der Waals surface area contributed by atoms with Crippen LogP contribution < -0.4 is 5.73 Å². The maximum atomic E-state index is 5.96. The maximum absolute atomic E-state index is 5.96. The Hall–Kier alpha value is -0.860. The van der Waals surface area contributed by atoms with E-state index in [1.807, 2.05) is 0 Å². The van der Waals surface area contributed by atoms with E-state index in [-0.39, 0.29) is 11.0 Å². The molecule has 94 valence electrons. The second kappa shape index (κ2) is 4.43. The first-order valence-corrected chi connectivity index (χ1v) is 6.40. The fraction of sp³-hybridized carbons (Fsp3) is 0.600. The van der Waals surface area contributed by atoms with Crippen LogP contribution in [0.25, 0.3) is 0 Å². The lowest BCUT2D eigenvalue weighted by Crippen LogP contribution is -2.41. The van der Waals surface area contributed by atoms with Gasteiger partial charge in [-0.1, -0.05) is 30.7 Å². The summed E-state index contributed by atoms with van der Waals surface area (Å²) in [5, 5.41) is 0. The summed E-state index contributed by atoms with van der Waals surface area (Å²) in [5.41, 5.74) is 8.59. The molecule has 1 aliphatic carbocycles. The Morgan fingerprint density at radius 2 is 2.06 bits per heavy atom. The van der Waals surface area contributed by atoms with Crippen LogP contribution in [-0.2, 0) is 15.8 Å². The largest absolute Gasteiger partial charge is 0.374 e. The summed E-state index contributed by atoms with van der Waals surface area (Å²) in [4.78, 5) is 0. The molecule has 1 aromatic carbocycles. The summed E-state index contributed by atoms with van der Waals surface area (Å²) in [6, 6.07) is 8.74. The van der Waals surface area contributed by atoms with Crippen LogP contribution >= 0.6 is 0 Å². The van der Waals surface area contributed by atoms with Gasteiger partial charge in [-0.3, -0.25) is 0 Å². The molecule has 2 N–H and O–H groups in total. The normalized spacial score (nSPS) is 18.8. The smallest absolute Gasteiger partial charge is 0.0871 e. The zero-order valence-electron chi connectivity index (χ0n) is 11.1. The van der Waals surface area contributed by atoms with Crippen molar-refractivity contribution >= 4 is 0 Å². The molecule has 1 aromatic rings. The molecule has 0 spiro atoms. The van der Waals surface area contributed by atoms with E-state index in [1.54, 1.807) is 7.11 Å². The molecule has 1 saturated carbocycles. The van der Waals surface area contributed by atoms with Crippen LogP contribution in [0.4, 0.5) is 0 Å². The predicted octanol–water partition coefficient (Wildman–Crippen LogP) is 2.95. The van der Waals surface area contributed by atoms with E-state index in [0.29, 0.717) is 0 Å². The summed E-state index contributed by atoms with van der Waals surface area (Å²) in [6.45, 7) is 4.95. The number of benzene rings is 1. The van der Waals surface area contributed by atoms with Crippen molar-refractivity contribution in [2.75, 3.05) is 13.7 Å². The SMILES string of the molecule is COC(C)(C)c1cccc(C2(CN)CCC2)c1. The molecule has 17 heavy (non-hydrogen) atoms. The highest BCUT2D eigenvalue weighted by molar-refractivity contribution is 5.35. The second-order valence-electron chi connectivity index (χ2n) is 5.63. The first kappa shape index (κ1) is 12.6. The topological polar surface area (TPSA) is 35.2 Å². The van der Waals surface area contributed by atoms with Gasteiger partial charge in [-0.05, 0) is 37.8 Å². The zero-order chi connectivity index (χ0) is 12.5. The molecule has 0 bridgehead atoms. The number of methoxy groups -OCH3 is 1. The summed E-state index contributed by atoms with van der Waals surface area (Å²) >= 11 is 0. The van der Waals surface area contributed by atoms with Crippen molar-refractivity contribution in [2.45, 2.75) is 44.1 Å². The molecule has 0 aromatic heterocycles. The number of nitrogens with two attached hydrogens (primary N) is 1. The lowest BCUT2D eigenvalue weighted by atomic mass is 9.64. The minimum Gasteiger partial charge on any atom is -0.374 e. The monoisotopic (exact) mass is 233 g/mol. The number of hydrogen-bond acceptors (Lipinski definition) is 2. The van der Waals surface area contributed by atoms with Crippen molar-refractivity contribution in [3.05, 3.63) is 35.4 Å². The lowest BCUT2D eigenvalue weighted by molar-refractivity contribution is 0.0190. The highest BCUT2D eigenvalue weighted by Gasteiger charge is 2.37. The van der Waals surface area contributed by atoms with E-state index in [4.69, 9.17) is 10.5 Å². The van der Waals surface area contributed by atoms with Crippen molar-refractivity contribution < 1.29 is 4.74 Å². The summed E-state index contributed by atoms with van der Waals surface area (Å²) < 4.78 is 5.55. The van der Waals surface area contributed by atoms with E-state index < -0.39 is 0 Å². The Morgan fingerprint density at radius 1 is 1.35 bits per heavy atom. The Morgan fingerprint density at radius 3 is 2.53 bits per heavy atom. The fourth-order valence-corrected chi connectivity index (χ4v) is 2.56. The van der Waals surface area contributed by atoms with E-state index in [1.165, 1.54) is 30.4 Å². The van der Waals surface area contributed by atoms with Gasteiger partial charge in [-0.15, -0.1) is 0 Å². The molecule has 2 heteroatoms. The molecule has 0 heterocycles.